The topological polar surface area (TPSA) is 35.2 Å². The summed E-state index contributed by atoms with van der Waals surface area (Å²) in [5.41, 5.74) is 7.60. The minimum Gasteiger partial charge on any atom is -0.488 e. The van der Waals surface area contributed by atoms with E-state index < -0.39 is 11.6 Å². The van der Waals surface area contributed by atoms with Crippen molar-refractivity contribution in [2.24, 2.45) is 5.73 Å². The molecule has 0 saturated carbocycles. The molecule has 2 aromatic rings. The molecule has 0 amide bonds. The van der Waals surface area contributed by atoms with Crippen LogP contribution in [-0.4, -0.2) is 0 Å². The first-order valence-corrected chi connectivity index (χ1v) is 6.41. The van der Waals surface area contributed by atoms with Crippen LogP contribution < -0.4 is 10.5 Å². The lowest BCUT2D eigenvalue weighted by Gasteiger charge is -2.15. The Bertz CT molecular complexity index is 591. The molecule has 0 spiro atoms. The molecule has 0 bridgehead atoms. The van der Waals surface area contributed by atoms with Crippen molar-refractivity contribution in [1.29, 1.82) is 0 Å². The van der Waals surface area contributed by atoms with Gasteiger partial charge in [-0.3, -0.25) is 0 Å². The molecule has 20 heavy (non-hydrogen) atoms. The normalized spacial score (nSPS) is 12.2. The zero-order valence-electron chi connectivity index (χ0n) is 11.5. The van der Waals surface area contributed by atoms with Gasteiger partial charge in [-0.1, -0.05) is 18.2 Å². The van der Waals surface area contributed by atoms with E-state index in [2.05, 4.69) is 0 Å². The van der Waals surface area contributed by atoms with Crippen LogP contribution in [0.15, 0.2) is 36.4 Å². The molecule has 0 fully saturated rings. The second-order valence-electron chi connectivity index (χ2n) is 4.82. The van der Waals surface area contributed by atoms with Gasteiger partial charge in [0.25, 0.3) is 0 Å². The van der Waals surface area contributed by atoms with Crippen molar-refractivity contribution in [1.82, 2.24) is 0 Å². The lowest BCUT2D eigenvalue weighted by Crippen LogP contribution is -2.09. The number of benzene rings is 2. The summed E-state index contributed by atoms with van der Waals surface area (Å²) in [6.45, 7) is 3.59. The van der Waals surface area contributed by atoms with Crippen molar-refractivity contribution in [3.8, 4) is 5.75 Å². The van der Waals surface area contributed by atoms with Gasteiger partial charge in [-0.15, -0.1) is 0 Å². The van der Waals surface area contributed by atoms with Gasteiger partial charge in [-0.2, -0.15) is 0 Å². The second-order valence-corrected chi connectivity index (χ2v) is 4.82. The number of hydrogen-bond acceptors (Lipinski definition) is 2. The Morgan fingerprint density at radius 2 is 1.80 bits per heavy atom. The molecule has 0 heterocycles. The number of rotatable bonds is 4. The Kier molecular flexibility index (Phi) is 4.35. The highest BCUT2D eigenvalue weighted by Gasteiger charge is 2.12. The van der Waals surface area contributed by atoms with Gasteiger partial charge in [0.1, 0.15) is 24.0 Å². The Morgan fingerprint density at radius 3 is 2.40 bits per heavy atom. The lowest BCUT2D eigenvalue weighted by molar-refractivity contribution is 0.288. The van der Waals surface area contributed by atoms with Crippen LogP contribution in [0, 0.1) is 18.6 Å². The fourth-order valence-corrected chi connectivity index (χ4v) is 1.96. The summed E-state index contributed by atoms with van der Waals surface area (Å²) in [5.74, 6) is -0.664. The van der Waals surface area contributed by atoms with Gasteiger partial charge in [0.15, 0.2) is 0 Å². The average Bonchev–Trinajstić information content (AvgIpc) is 2.37. The van der Waals surface area contributed by atoms with Crippen LogP contribution >= 0.6 is 0 Å². The summed E-state index contributed by atoms with van der Waals surface area (Å²) in [4.78, 5) is 0. The summed E-state index contributed by atoms with van der Waals surface area (Å²) >= 11 is 0. The molecule has 0 radical (unpaired) electrons. The van der Waals surface area contributed by atoms with E-state index in [4.69, 9.17) is 10.5 Å². The van der Waals surface area contributed by atoms with Gasteiger partial charge >= 0.3 is 0 Å². The lowest BCUT2D eigenvalue weighted by atomic mass is 10.1. The first kappa shape index (κ1) is 14.5. The van der Waals surface area contributed by atoms with Gasteiger partial charge in [0.05, 0.1) is 5.56 Å². The van der Waals surface area contributed by atoms with Crippen LogP contribution in [-0.2, 0) is 6.61 Å². The number of halogens is 2. The molecule has 0 saturated heterocycles. The van der Waals surface area contributed by atoms with E-state index in [9.17, 15) is 8.78 Å². The first-order chi connectivity index (χ1) is 9.49. The van der Waals surface area contributed by atoms with Gasteiger partial charge in [0, 0.05) is 11.6 Å². The van der Waals surface area contributed by atoms with Gasteiger partial charge in [0.2, 0.25) is 0 Å². The zero-order valence-corrected chi connectivity index (χ0v) is 11.5. The molecule has 0 aliphatic rings. The van der Waals surface area contributed by atoms with Gasteiger partial charge < -0.3 is 10.5 Å². The van der Waals surface area contributed by atoms with Crippen molar-refractivity contribution in [3.63, 3.8) is 0 Å². The minimum absolute atomic E-state index is 0.0790. The molecule has 0 aromatic heterocycles. The van der Waals surface area contributed by atoms with Crippen LogP contribution in [0.5, 0.6) is 5.75 Å². The second kappa shape index (κ2) is 6.01. The quantitative estimate of drug-likeness (QED) is 0.920. The molecule has 2 aromatic carbocycles. The molecule has 0 aliphatic heterocycles. The zero-order chi connectivity index (χ0) is 14.7. The summed E-state index contributed by atoms with van der Waals surface area (Å²) in [6, 6.07) is 9.15. The first-order valence-electron chi connectivity index (χ1n) is 6.41. The van der Waals surface area contributed by atoms with E-state index in [1.165, 1.54) is 18.2 Å². The van der Waals surface area contributed by atoms with Crippen molar-refractivity contribution < 1.29 is 13.5 Å². The van der Waals surface area contributed by atoms with E-state index in [-0.39, 0.29) is 18.2 Å². The maximum atomic E-state index is 13.5. The molecule has 1 unspecified atom stereocenters. The van der Waals surface area contributed by atoms with Crippen molar-refractivity contribution >= 4 is 0 Å². The molecule has 2 rings (SSSR count). The number of nitrogens with two attached hydrogens (primary N) is 1. The monoisotopic (exact) mass is 277 g/mol. The Hall–Kier alpha value is -1.94. The van der Waals surface area contributed by atoms with Gasteiger partial charge in [-0.05, 0) is 37.6 Å². The molecular weight excluding hydrogens is 260 g/mol. The Morgan fingerprint density at radius 1 is 1.15 bits per heavy atom. The third kappa shape index (κ3) is 3.14. The molecule has 2 nitrogen and oxygen atoms in total. The van der Waals surface area contributed by atoms with E-state index in [1.54, 1.807) is 0 Å². The molecule has 1 atom stereocenters. The number of hydrogen-bond donors (Lipinski definition) is 1. The summed E-state index contributed by atoms with van der Waals surface area (Å²) in [6.07, 6.45) is 0. The maximum Gasteiger partial charge on any atom is 0.132 e. The van der Waals surface area contributed by atoms with E-state index in [1.807, 2.05) is 32.0 Å². The minimum atomic E-state index is -0.611. The number of ether oxygens (including phenoxy) is 1. The smallest absolute Gasteiger partial charge is 0.132 e. The molecular formula is C16H17F2NO. The third-order valence-corrected chi connectivity index (χ3v) is 3.09. The van der Waals surface area contributed by atoms with Gasteiger partial charge in [-0.25, -0.2) is 8.78 Å². The highest BCUT2D eigenvalue weighted by molar-refractivity contribution is 5.39. The standard InChI is InChI=1S/C16H17F2NO/c1-10-6-7-12(11(2)19)16(8-10)20-9-13-14(17)4-3-5-15(13)18/h3-8,11H,9,19H2,1-2H3. The highest BCUT2D eigenvalue weighted by Crippen LogP contribution is 2.26. The summed E-state index contributed by atoms with van der Waals surface area (Å²) < 4.78 is 32.7. The fraction of sp³-hybridized carbons (Fsp3) is 0.250. The van der Waals surface area contributed by atoms with E-state index in [0.29, 0.717) is 5.75 Å². The highest BCUT2D eigenvalue weighted by atomic mass is 19.1. The number of aryl methyl sites for hydroxylation is 1. The molecule has 0 aliphatic carbocycles. The summed E-state index contributed by atoms with van der Waals surface area (Å²) in [5, 5.41) is 0. The van der Waals surface area contributed by atoms with Crippen LogP contribution in [0.4, 0.5) is 8.78 Å². The van der Waals surface area contributed by atoms with E-state index >= 15 is 0 Å². The van der Waals surface area contributed by atoms with Crippen molar-refractivity contribution in [2.45, 2.75) is 26.5 Å². The van der Waals surface area contributed by atoms with Crippen molar-refractivity contribution in [3.05, 3.63) is 64.7 Å². The van der Waals surface area contributed by atoms with Crippen LogP contribution in [0.25, 0.3) is 0 Å². The predicted octanol–water partition coefficient (Wildman–Crippen LogP) is 3.87. The van der Waals surface area contributed by atoms with Crippen LogP contribution in [0.3, 0.4) is 0 Å². The van der Waals surface area contributed by atoms with Crippen LogP contribution in [0.1, 0.15) is 29.7 Å². The molecule has 2 N–H and O–H groups in total. The third-order valence-electron chi connectivity index (χ3n) is 3.09. The Labute approximate surface area is 117 Å². The molecule has 106 valence electrons. The summed E-state index contributed by atoms with van der Waals surface area (Å²) in [7, 11) is 0. The van der Waals surface area contributed by atoms with Crippen molar-refractivity contribution in [2.75, 3.05) is 0 Å². The SMILES string of the molecule is Cc1ccc(C(C)N)c(OCc2c(F)cccc2F)c1. The van der Waals surface area contributed by atoms with Crippen LogP contribution in [0.2, 0.25) is 0 Å². The largest absolute Gasteiger partial charge is 0.488 e. The Balaban J connectivity index is 2.25. The average molecular weight is 277 g/mol. The fourth-order valence-electron chi connectivity index (χ4n) is 1.96. The van der Waals surface area contributed by atoms with E-state index in [0.717, 1.165) is 11.1 Å². The maximum absolute atomic E-state index is 13.5. The molecule has 4 heteroatoms. The predicted molar refractivity (Wildman–Crippen MR) is 74.5 cm³/mol.